The van der Waals surface area contributed by atoms with Gasteiger partial charge < -0.3 is 5.11 Å². The Morgan fingerprint density at radius 3 is 2.11 bits per heavy atom. The molecule has 0 heterocycles. The van der Waals surface area contributed by atoms with Gasteiger partial charge in [-0.25, -0.2) is 9.32 Å². The Balaban J connectivity index is 2.96. The van der Waals surface area contributed by atoms with Gasteiger partial charge in [-0.2, -0.15) is 21.6 Å². The fourth-order valence-electron chi connectivity index (χ4n) is 1.24. The molecule has 0 amide bonds. The van der Waals surface area contributed by atoms with Crippen molar-refractivity contribution in [3.05, 3.63) is 35.4 Å². The summed E-state index contributed by atoms with van der Waals surface area (Å²) in [5.41, 5.74) is -0.821. The predicted octanol–water partition coefficient (Wildman–Crippen LogP) is 0.959. The Labute approximate surface area is 101 Å². The van der Waals surface area contributed by atoms with Crippen molar-refractivity contribution in [3.8, 4) is 0 Å². The highest BCUT2D eigenvalue weighted by molar-refractivity contribution is 7.84. The van der Waals surface area contributed by atoms with Gasteiger partial charge in [0.15, 0.2) is 0 Å². The van der Waals surface area contributed by atoms with E-state index in [-0.39, 0.29) is 5.56 Å². The van der Waals surface area contributed by atoms with Crippen molar-refractivity contribution in [2.75, 3.05) is 6.61 Å². The second-order valence-electron chi connectivity index (χ2n) is 3.38. The third-order valence-electron chi connectivity index (χ3n) is 2.03. The number of alkyl halides is 3. The average Bonchev–Trinajstić information content (AvgIpc) is 2.24. The number of hydrogen-bond acceptors (Lipinski definition) is 4. The Morgan fingerprint density at radius 2 is 1.78 bits per heavy atom. The molecule has 1 aromatic rings. The number of aliphatic hydroxyl groups excluding tert-OH is 1. The standard InChI is InChI=1S/C9H10F3NO4S/c10-9(11,12)7-3-1-6(2-4-7)8(5-14)17-18(13,15)16/h1-4,8,14H,5H2,(H2,13,15,16). The lowest BCUT2D eigenvalue weighted by molar-refractivity contribution is -0.137. The van der Waals surface area contributed by atoms with Gasteiger partial charge in [-0.3, -0.25) is 0 Å². The first kappa shape index (κ1) is 14.9. The van der Waals surface area contributed by atoms with E-state index in [1.165, 1.54) is 0 Å². The Hall–Kier alpha value is -1.16. The molecule has 0 aliphatic heterocycles. The number of halogens is 3. The van der Waals surface area contributed by atoms with Gasteiger partial charge in [0.25, 0.3) is 0 Å². The zero-order valence-electron chi connectivity index (χ0n) is 8.89. The van der Waals surface area contributed by atoms with E-state index >= 15 is 0 Å². The van der Waals surface area contributed by atoms with Crippen LogP contribution in [0.3, 0.4) is 0 Å². The first-order valence-electron chi connectivity index (χ1n) is 4.62. The first-order chi connectivity index (χ1) is 8.13. The molecule has 1 atom stereocenters. The van der Waals surface area contributed by atoms with E-state index < -0.39 is 34.8 Å². The summed E-state index contributed by atoms with van der Waals surface area (Å²) in [7, 11) is -4.30. The van der Waals surface area contributed by atoms with E-state index in [1.807, 2.05) is 0 Å². The largest absolute Gasteiger partial charge is 0.416 e. The maximum atomic E-state index is 12.3. The molecule has 3 N–H and O–H groups in total. The molecule has 0 spiro atoms. The monoisotopic (exact) mass is 285 g/mol. The number of aliphatic hydroxyl groups is 1. The van der Waals surface area contributed by atoms with Crippen LogP contribution in [0.25, 0.3) is 0 Å². The van der Waals surface area contributed by atoms with E-state index in [2.05, 4.69) is 9.32 Å². The highest BCUT2D eigenvalue weighted by atomic mass is 32.2. The van der Waals surface area contributed by atoms with Crippen LogP contribution >= 0.6 is 0 Å². The molecule has 1 aromatic carbocycles. The van der Waals surface area contributed by atoms with Gasteiger partial charge in [-0.15, -0.1) is 0 Å². The van der Waals surface area contributed by atoms with Gasteiger partial charge in [0.2, 0.25) is 0 Å². The molecule has 0 saturated heterocycles. The first-order valence-corrected chi connectivity index (χ1v) is 6.09. The van der Waals surface area contributed by atoms with E-state index in [1.54, 1.807) is 0 Å². The Bertz CT molecular complexity index is 498. The topological polar surface area (TPSA) is 89.6 Å². The summed E-state index contributed by atoms with van der Waals surface area (Å²) in [6.07, 6.45) is -5.82. The van der Waals surface area contributed by atoms with Crippen molar-refractivity contribution in [2.24, 2.45) is 5.14 Å². The van der Waals surface area contributed by atoms with Crippen molar-refractivity contribution in [2.45, 2.75) is 12.3 Å². The molecular formula is C9H10F3NO4S. The van der Waals surface area contributed by atoms with E-state index in [4.69, 9.17) is 5.11 Å². The lowest BCUT2D eigenvalue weighted by Gasteiger charge is -2.14. The van der Waals surface area contributed by atoms with Gasteiger partial charge in [0.1, 0.15) is 6.10 Å². The van der Waals surface area contributed by atoms with Crippen LogP contribution in [0, 0.1) is 0 Å². The lowest BCUT2D eigenvalue weighted by atomic mass is 10.1. The average molecular weight is 285 g/mol. The molecule has 102 valence electrons. The van der Waals surface area contributed by atoms with Gasteiger partial charge in [-0.1, -0.05) is 12.1 Å². The summed E-state index contributed by atoms with van der Waals surface area (Å²) >= 11 is 0. The molecule has 9 heteroatoms. The lowest BCUT2D eigenvalue weighted by Crippen LogP contribution is -2.21. The summed E-state index contributed by atoms with van der Waals surface area (Å²) in [6.45, 7) is -0.734. The van der Waals surface area contributed by atoms with Crippen LogP contribution in [-0.4, -0.2) is 20.1 Å². The summed E-state index contributed by atoms with van der Waals surface area (Å²) in [5, 5.41) is 13.5. The fourth-order valence-corrected chi connectivity index (χ4v) is 1.74. The highest BCUT2D eigenvalue weighted by Crippen LogP contribution is 2.30. The molecule has 0 aliphatic carbocycles. The quantitative estimate of drug-likeness (QED) is 0.862. The number of rotatable bonds is 4. The zero-order chi connectivity index (χ0) is 14.0. The summed E-state index contributed by atoms with van der Waals surface area (Å²) < 4.78 is 62.5. The normalized spacial score (nSPS) is 14.5. The van der Waals surface area contributed by atoms with Crippen molar-refractivity contribution >= 4 is 10.3 Å². The van der Waals surface area contributed by atoms with Crippen LogP contribution in [0.1, 0.15) is 17.2 Å². The molecule has 0 aliphatic rings. The summed E-state index contributed by atoms with van der Waals surface area (Å²) in [4.78, 5) is 0. The zero-order valence-corrected chi connectivity index (χ0v) is 9.70. The van der Waals surface area contributed by atoms with Gasteiger partial charge in [0, 0.05) is 0 Å². The van der Waals surface area contributed by atoms with Crippen LogP contribution in [0.15, 0.2) is 24.3 Å². The molecule has 0 saturated carbocycles. The van der Waals surface area contributed by atoms with Crippen molar-refractivity contribution in [3.63, 3.8) is 0 Å². The maximum absolute atomic E-state index is 12.3. The fraction of sp³-hybridized carbons (Fsp3) is 0.333. The molecule has 0 fully saturated rings. The second-order valence-corrected chi connectivity index (χ2v) is 4.56. The summed E-state index contributed by atoms with van der Waals surface area (Å²) in [5.74, 6) is 0. The smallest absolute Gasteiger partial charge is 0.393 e. The van der Waals surface area contributed by atoms with Gasteiger partial charge >= 0.3 is 16.5 Å². The predicted molar refractivity (Wildman–Crippen MR) is 55.5 cm³/mol. The minimum atomic E-state index is -4.49. The molecule has 18 heavy (non-hydrogen) atoms. The van der Waals surface area contributed by atoms with Crippen LogP contribution in [0.5, 0.6) is 0 Å². The van der Waals surface area contributed by atoms with E-state index in [0.717, 1.165) is 24.3 Å². The molecule has 1 unspecified atom stereocenters. The van der Waals surface area contributed by atoms with E-state index in [9.17, 15) is 21.6 Å². The van der Waals surface area contributed by atoms with Crippen LogP contribution in [0.4, 0.5) is 13.2 Å². The second kappa shape index (κ2) is 5.22. The Morgan fingerprint density at radius 1 is 1.28 bits per heavy atom. The SMILES string of the molecule is NS(=O)(=O)OC(CO)c1ccc(C(F)(F)F)cc1. The number of hydrogen-bond donors (Lipinski definition) is 2. The van der Waals surface area contributed by atoms with Crippen molar-refractivity contribution < 1.29 is 30.9 Å². The van der Waals surface area contributed by atoms with Gasteiger partial charge in [0.05, 0.1) is 12.2 Å². The van der Waals surface area contributed by atoms with Crippen LogP contribution in [-0.2, 0) is 20.7 Å². The highest BCUT2D eigenvalue weighted by Gasteiger charge is 2.30. The third-order valence-corrected chi connectivity index (χ3v) is 2.53. The number of nitrogens with two attached hydrogens (primary N) is 1. The Kier molecular flexibility index (Phi) is 4.32. The molecular weight excluding hydrogens is 275 g/mol. The van der Waals surface area contributed by atoms with E-state index in [0.29, 0.717) is 0 Å². The van der Waals surface area contributed by atoms with Crippen molar-refractivity contribution in [1.29, 1.82) is 0 Å². The molecule has 0 bridgehead atoms. The molecule has 0 radical (unpaired) electrons. The molecule has 0 aromatic heterocycles. The maximum Gasteiger partial charge on any atom is 0.416 e. The van der Waals surface area contributed by atoms with Gasteiger partial charge in [-0.05, 0) is 17.7 Å². The third kappa shape index (κ3) is 4.26. The summed E-state index contributed by atoms with van der Waals surface area (Å²) in [6, 6.07) is 3.53. The van der Waals surface area contributed by atoms with Crippen LogP contribution < -0.4 is 5.14 Å². The minimum absolute atomic E-state index is 0.0690. The minimum Gasteiger partial charge on any atom is -0.393 e. The van der Waals surface area contributed by atoms with Crippen molar-refractivity contribution in [1.82, 2.24) is 0 Å². The number of benzene rings is 1. The van der Waals surface area contributed by atoms with Crippen LogP contribution in [0.2, 0.25) is 0 Å². The molecule has 1 rings (SSSR count). The molecule has 5 nitrogen and oxygen atoms in total.